The molecule has 1 N–H and O–H groups in total. The second kappa shape index (κ2) is 9.72. The van der Waals surface area contributed by atoms with Crippen molar-refractivity contribution in [2.24, 2.45) is 5.10 Å². The summed E-state index contributed by atoms with van der Waals surface area (Å²) in [7, 11) is 0. The van der Waals surface area contributed by atoms with Crippen LogP contribution in [-0.2, 0) is 0 Å². The molecule has 0 fully saturated rings. The summed E-state index contributed by atoms with van der Waals surface area (Å²) in [6, 6.07) is 12.4. The zero-order chi connectivity index (χ0) is 19.8. The van der Waals surface area contributed by atoms with E-state index in [9.17, 15) is 4.79 Å². The molecule has 0 aliphatic heterocycles. The van der Waals surface area contributed by atoms with Crippen molar-refractivity contribution in [3.63, 3.8) is 0 Å². The molecule has 142 valence electrons. The van der Waals surface area contributed by atoms with Crippen molar-refractivity contribution < 1.29 is 4.79 Å². The zero-order valence-corrected chi connectivity index (χ0v) is 16.9. The Morgan fingerprint density at radius 2 is 1.63 bits per heavy atom. The first-order valence-electron chi connectivity index (χ1n) is 9.39. The molecule has 4 heteroatoms. The van der Waals surface area contributed by atoms with Gasteiger partial charge in [0.05, 0.1) is 0 Å². The standard InChI is InChI=1S/C23H29N3O/c1-6-26(7-2)21-12-10-20(11-13-21)9-8-14-24-25-23(27)22-18(4)15-17(3)16-19(22)5/h8-16H,6-7H2,1-5H3,(H,25,27). The number of allylic oxidation sites excluding steroid dienone is 1. The molecule has 1 amide bonds. The Kier molecular flexibility index (Phi) is 7.35. The number of carbonyl (C=O) groups is 1. The summed E-state index contributed by atoms with van der Waals surface area (Å²) in [5.41, 5.74) is 8.68. The highest BCUT2D eigenvalue weighted by atomic mass is 16.2. The average Bonchev–Trinajstić information content (AvgIpc) is 2.62. The lowest BCUT2D eigenvalue weighted by atomic mass is 9.99. The average molecular weight is 364 g/mol. The van der Waals surface area contributed by atoms with E-state index in [1.807, 2.05) is 45.1 Å². The van der Waals surface area contributed by atoms with Gasteiger partial charge in [-0.25, -0.2) is 5.43 Å². The first-order chi connectivity index (χ1) is 13.0. The fourth-order valence-corrected chi connectivity index (χ4v) is 3.27. The number of rotatable bonds is 7. The molecule has 4 nitrogen and oxygen atoms in total. The molecule has 0 saturated heterocycles. The Balaban J connectivity index is 1.95. The first kappa shape index (κ1) is 20.4. The molecule has 0 radical (unpaired) electrons. The summed E-state index contributed by atoms with van der Waals surface area (Å²) in [5, 5.41) is 4.02. The highest BCUT2D eigenvalue weighted by Crippen LogP contribution is 2.16. The third-order valence-electron chi connectivity index (χ3n) is 4.54. The van der Waals surface area contributed by atoms with Gasteiger partial charge in [-0.3, -0.25) is 4.79 Å². The van der Waals surface area contributed by atoms with Crippen molar-refractivity contribution in [2.45, 2.75) is 34.6 Å². The van der Waals surface area contributed by atoms with E-state index in [0.717, 1.165) is 35.3 Å². The van der Waals surface area contributed by atoms with Crippen LogP contribution in [0.25, 0.3) is 6.08 Å². The SMILES string of the molecule is CCN(CC)c1ccc(C=CC=NNC(=O)c2c(C)cc(C)cc2C)cc1. The van der Waals surface area contributed by atoms with Gasteiger partial charge >= 0.3 is 0 Å². The maximum atomic E-state index is 12.3. The Labute approximate surface area is 162 Å². The monoisotopic (exact) mass is 363 g/mol. The van der Waals surface area contributed by atoms with Crippen LogP contribution in [0.2, 0.25) is 0 Å². The van der Waals surface area contributed by atoms with Crippen LogP contribution in [0.3, 0.4) is 0 Å². The highest BCUT2D eigenvalue weighted by Gasteiger charge is 2.11. The van der Waals surface area contributed by atoms with Gasteiger partial charge in [-0.1, -0.05) is 35.9 Å². The number of aryl methyl sites for hydroxylation is 3. The van der Waals surface area contributed by atoms with E-state index < -0.39 is 0 Å². The lowest BCUT2D eigenvalue weighted by Crippen LogP contribution is -2.21. The second-order valence-electron chi connectivity index (χ2n) is 6.62. The number of hydrogen-bond acceptors (Lipinski definition) is 3. The van der Waals surface area contributed by atoms with E-state index in [-0.39, 0.29) is 5.91 Å². The minimum absolute atomic E-state index is 0.182. The number of hydrogen-bond donors (Lipinski definition) is 1. The molecule has 27 heavy (non-hydrogen) atoms. The molecule has 0 heterocycles. The lowest BCUT2D eigenvalue weighted by molar-refractivity contribution is 0.0954. The van der Waals surface area contributed by atoms with E-state index >= 15 is 0 Å². The van der Waals surface area contributed by atoms with Crippen molar-refractivity contribution >= 4 is 23.9 Å². The largest absolute Gasteiger partial charge is 0.372 e. The third kappa shape index (κ3) is 5.55. The molecule has 0 aromatic heterocycles. The van der Waals surface area contributed by atoms with Crippen LogP contribution in [0.1, 0.15) is 46.5 Å². The fraction of sp³-hybridized carbons (Fsp3) is 0.304. The van der Waals surface area contributed by atoms with Crippen LogP contribution in [-0.4, -0.2) is 25.2 Å². The number of amides is 1. The summed E-state index contributed by atoms with van der Waals surface area (Å²) < 4.78 is 0. The second-order valence-corrected chi connectivity index (χ2v) is 6.62. The smallest absolute Gasteiger partial charge is 0.271 e. The van der Waals surface area contributed by atoms with Gasteiger partial charge < -0.3 is 4.90 Å². The summed E-state index contributed by atoms with van der Waals surface area (Å²) in [6.07, 6.45) is 5.38. The highest BCUT2D eigenvalue weighted by molar-refractivity contribution is 5.97. The van der Waals surface area contributed by atoms with E-state index in [0.29, 0.717) is 5.56 Å². The molecular weight excluding hydrogens is 334 g/mol. The van der Waals surface area contributed by atoms with Crippen LogP contribution in [0, 0.1) is 20.8 Å². The van der Waals surface area contributed by atoms with Gasteiger partial charge in [-0.15, -0.1) is 0 Å². The van der Waals surface area contributed by atoms with Crippen LogP contribution in [0.5, 0.6) is 0 Å². The van der Waals surface area contributed by atoms with Gasteiger partial charge in [0.1, 0.15) is 0 Å². The van der Waals surface area contributed by atoms with Gasteiger partial charge in [0.2, 0.25) is 0 Å². The predicted octanol–water partition coefficient (Wildman–Crippen LogP) is 4.89. The number of hydrazone groups is 1. The molecular formula is C23H29N3O. The lowest BCUT2D eigenvalue weighted by Gasteiger charge is -2.20. The van der Waals surface area contributed by atoms with Crippen molar-refractivity contribution in [1.82, 2.24) is 5.43 Å². The van der Waals surface area contributed by atoms with Crippen molar-refractivity contribution in [1.29, 1.82) is 0 Å². The normalized spacial score (nSPS) is 11.3. The van der Waals surface area contributed by atoms with E-state index in [1.165, 1.54) is 5.69 Å². The number of carbonyl (C=O) groups excluding carboxylic acids is 1. The summed E-state index contributed by atoms with van der Waals surface area (Å²) in [5.74, 6) is -0.182. The number of nitrogens with one attached hydrogen (secondary N) is 1. The molecule has 0 aliphatic rings. The molecule has 0 unspecified atom stereocenters. The topological polar surface area (TPSA) is 44.7 Å². The maximum absolute atomic E-state index is 12.3. The molecule has 2 rings (SSSR count). The molecule has 0 bridgehead atoms. The number of anilines is 1. The Morgan fingerprint density at radius 3 is 2.19 bits per heavy atom. The van der Waals surface area contributed by atoms with Gasteiger partial charge in [-0.05, 0) is 69.5 Å². The van der Waals surface area contributed by atoms with Crippen molar-refractivity contribution in [3.05, 3.63) is 70.3 Å². The van der Waals surface area contributed by atoms with Crippen LogP contribution in [0.15, 0.2) is 47.6 Å². The predicted molar refractivity (Wildman–Crippen MR) is 116 cm³/mol. The third-order valence-corrected chi connectivity index (χ3v) is 4.54. The molecule has 0 aliphatic carbocycles. The van der Waals surface area contributed by atoms with Gasteiger partial charge in [0.15, 0.2) is 0 Å². The maximum Gasteiger partial charge on any atom is 0.271 e. The molecule has 2 aromatic carbocycles. The summed E-state index contributed by atoms with van der Waals surface area (Å²) >= 11 is 0. The van der Waals surface area contributed by atoms with E-state index in [4.69, 9.17) is 0 Å². The van der Waals surface area contributed by atoms with Crippen LogP contribution < -0.4 is 10.3 Å². The van der Waals surface area contributed by atoms with Gasteiger partial charge in [0.25, 0.3) is 5.91 Å². The minimum atomic E-state index is -0.182. The van der Waals surface area contributed by atoms with Crippen LogP contribution in [0.4, 0.5) is 5.69 Å². The number of nitrogens with zero attached hydrogens (tertiary/aromatic N) is 2. The summed E-state index contributed by atoms with van der Waals surface area (Å²) in [4.78, 5) is 14.6. The van der Waals surface area contributed by atoms with Gasteiger partial charge in [0, 0.05) is 30.6 Å². The number of benzene rings is 2. The molecule has 2 aromatic rings. The van der Waals surface area contributed by atoms with E-state index in [2.05, 4.69) is 53.5 Å². The first-order valence-corrected chi connectivity index (χ1v) is 9.39. The zero-order valence-electron chi connectivity index (χ0n) is 16.9. The Bertz CT molecular complexity index is 808. The quantitative estimate of drug-likeness (QED) is 0.562. The van der Waals surface area contributed by atoms with Crippen LogP contribution >= 0.6 is 0 Å². The summed E-state index contributed by atoms with van der Waals surface area (Å²) in [6.45, 7) is 12.2. The van der Waals surface area contributed by atoms with Gasteiger partial charge in [-0.2, -0.15) is 5.10 Å². The van der Waals surface area contributed by atoms with Crippen molar-refractivity contribution in [2.75, 3.05) is 18.0 Å². The fourth-order valence-electron chi connectivity index (χ4n) is 3.27. The minimum Gasteiger partial charge on any atom is -0.372 e. The molecule has 0 saturated carbocycles. The Morgan fingerprint density at radius 1 is 1.04 bits per heavy atom. The van der Waals surface area contributed by atoms with Crippen molar-refractivity contribution in [3.8, 4) is 0 Å². The Hall–Kier alpha value is -2.88. The molecule has 0 atom stereocenters. The van der Waals surface area contributed by atoms with E-state index in [1.54, 1.807) is 6.21 Å². The molecule has 0 spiro atoms.